The molecule has 3 rings (SSSR count). The van der Waals surface area contributed by atoms with E-state index >= 15 is 0 Å². The summed E-state index contributed by atoms with van der Waals surface area (Å²) in [5.41, 5.74) is 1.17. The molecule has 0 spiro atoms. The van der Waals surface area contributed by atoms with E-state index in [0.29, 0.717) is 30.1 Å². The molecule has 172 valence electrons. The first-order chi connectivity index (χ1) is 14.4. The van der Waals surface area contributed by atoms with Gasteiger partial charge in [-0.15, -0.1) is 34.2 Å². The summed E-state index contributed by atoms with van der Waals surface area (Å²) in [7, 11) is -1.56. The molecule has 0 aliphatic carbocycles. The maximum Gasteiger partial charge on any atom is 0.191 e. The monoisotopic (exact) mass is 564 g/mol. The topological polar surface area (TPSA) is 101 Å². The van der Waals surface area contributed by atoms with E-state index in [2.05, 4.69) is 30.4 Å². The third-order valence-corrected chi connectivity index (χ3v) is 5.92. The predicted molar refractivity (Wildman–Crippen MR) is 130 cm³/mol. The number of fused-ring (bicyclic) bond motifs is 1. The van der Waals surface area contributed by atoms with E-state index in [-0.39, 0.29) is 36.3 Å². The Labute approximate surface area is 200 Å². The Morgan fingerprint density at radius 1 is 1.19 bits per heavy atom. The largest absolute Gasteiger partial charge is 0.356 e. The number of hydrogen-bond acceptors (Lipinski definition) is 5. The van der Waals surface area contributed by atoms with Crippen LogP contribution in [0.15, 0.2) is 23.2 Å². The quantitative estimate of drug-likeness (QED) is 0.304. The Balaban J connectivity index is 0.00000341. The zero-order chi connectivity index (χ0) is 21.6. The smallest absolute Gasteiger partial charge is 0.191 e. The molecule has 1 aromatic heterocycles. The number of aliphatic imine (C=N–C) groups is 1. The second-order valence-corrected chi connectivity index (χ2v) is 9.72. The maximum atomic E-state index is 13.7. The maximum absolute atomic E-state index is 13.7. The van der Waals surface area contributed by atoms with Crippen molar-refractivity contribution in [1.29, 1.82) is 0 Å². The molecule has 0 saturated heterocycles. The molecular weight excluding hydrogens is 534 g/mol. The highest BCUT2D eigenvalue weighted by molar-refractivity contribution is 14.0. The normalized spacial score (nSPS) is 14.4. The van der Waals surface area contributed by atoms with E-state index in [9.17, 15) is 12.8 Å². The minimum Gasteiger partial charge on any atom is -0.356 e. The molecule has 11 heteroatoms. The lowest BCUT2D eigenvalue weighted by atomic mass is 10.1. The Kier molecular flexibility index (Phi) is 9.66. The second-order valence-electron chi connectivity index (χ2n) is 7.58. The van der Waals surface area contributed by atoms with Crippen LogP contribution in [-0.4, -0.2) is 49.0 Å². The molecule has 0 bridgehead atoms. The van der Waals surface area contributed by atoms with Crippen LogP contribution in [0.25, 0.3) is 0 Å². The minimum atomic E-state index is -3.22. The number of aromatic nitrogens is 3. The highest BCUT2D eigenvalue weighted by Gasteiger charge is 2.15. The number of sulfone groups is 1. The summed E-state index contributed by atoms with van der Waals surface area (Å²) < 4.78 is 39.2. The number of nitrogens with one attached hydrogen (secondary N) is 2. The fourth-order valence-corrected chi connectivity index (χ4v) is 4.45. The third-order valence-electron chi connectivity index (χ3n) is 5.08. The molecule has 0 unspecified atom stereocenters. The molecule has 0 radical (unpaired) electrons. The van der Waals surface area contributed by atoms with Crippen LogP contribution in [0.5, 0.6) is 0 Å². The summed E-state index contributed by atoms with van der Waals surface area (Å²) in [6.45, 7) is 1.85. The molecule has 0 fully saturated rings. The van der Waals surface area contributed by atoms with Gasteiger partial charge < -0.3 is 15.2 Å². The zero-order valence-electron chi connectivity index (χ0n) is 17.9. The van der Waals surface area contributed by atoms with Gasteiger partial charge in [-0.3, -0.25) is 4.99 Å². The van der Waals surface area contributed by atoms with E-state index in [4.69, 9.17) is 0 Å². The second kappa shape index (κ2) is 11.7. The first kappa shape index (κ1) is 25.5. The highest BCUT2D eigenvalue weighted by Crippen LogP contribution is 2.15. The van der Waals surface area contributed by atoms with Gasteiger partial charge in [-0.2, -0.15) is 0 Å². The summed E-state index contributed by atoms with van der Waals surface area (Å²) in [5.74, 6) is 2.05. The molecule has 1 aromatic carbocycles. The lowest BCUT2D eigenvalue weighted by Crippen LogP contribution is -2.38. The van der Waals surface area contributed by atoms with Crippen molar-refractivity contribution in [2.45, 2.75) is 50.9 Å². The minimum absolute atomic E-state index is 0. The van der Waals surface area contributed by atoms with Gasteiger partial charge in [0.2, 0.25) is 0 Å². The lowest BCUT2D eigenvalue weighted by Gasteiger charge is -2.14. The van der Waals surface area contributed by atoms with Gasteiger partial charge in [0, 0.05) is 45.8 Å². The summed E-state index contributed by atoms with van der Waals surface area (Å²) in [6.07, 6.45) is 6.39. The fourth-order valence-electron chi connectivity index (χ4n) is 3.60. The summed E-state index contributed by atoms with van der Waals surface area (Å²) >= 11 is 0. The number of nitrogens with zero attached hydrogens (tertiary/aromatic N) is 4. The third kappa shape index (κ3) is 7.70. The van der Waals surface area contributed by atoms with Crippen LogP contribution in [0.2, 0.25) is 0 Å². The zero-order valence-corrected chi connectivity index (χ0v) is 21.0. The Hall–Kier alpha value is -1.76. The molecule has 0 amide bonds. The number of guanidine groups is 1. The molecule has 2 heterocycles. The number of benzene rings is 1. The van der Waals surface area contributed by atoms with Gasteiger partial charge in [0.1, 0.15) is 17.5 Å². The van der Waals surface area contributed by atoms with E-state index in [1.54, 1.807) is 7.05 Å². The highest BCUT2D eigenvalue weighted by atomic mass is 127. The fraction of sp³-hybridized carbons (Fsp3) is 0.550. The number of halogens is 2. The Morgan fingerprint density at radius 2 is 2.00 bits per heavy atom. The average molecular weight is 564 g/mol. The Morgan fingerprint density at radius 3 is 2.74 bits per heavy atom. The standard InChI is InChI=1S/C20H29FN6O2S.HI/c1-22-20(23-10-9-19-26-25-18-6-4-3-5-11-27(18)19)24-13-16-12-17(21)8-7-15(16)14-30(2,28)29;/h7-8,12H,3-6,9-11,13-14H2,1-2H3,(H2,22,23,24);1H. The average Bonchev–Trinajstić information content (AvgIpc) is 2.91. The molecular formula is C20H30FIN6O2S. The van der Waals surface area contributed by atoms with Crippen LogP contribution in [0.1, 0.15) is 42.0 Å². The molecule has 0 atom stereocenters. The molecule has 2 aromatic rings. The van der Waals surface area contributed by atoms with Crippen LogP contribution in [0.3, 0.4) is 0 Å². The first-order valence-electron chi connectivity index (χ1n) is 10.2. The van der Waals surface area contributed by atoms with Crippen molar-refractivity contribution in [3.05, 3.63) is 46.8 Å². The van der Waals surface area contributed by atoms with Crippen LogP contribution >= 0.6 is 24.0 Å². The van der Waals surface area contributed by atoms with Crippen LogP contribution in [0, 0.1) is 5.82 Å². The molecule has 1 aliphatic heterocycles. The summed E-state index contributed by atoms with van der Waals surface area (Å²) in [5, 5.41) is 15.0. The van der Waals surface area contributed by atoms with Crippen LogP contribution in [0.4, 0.5) is 4.39 Å². The summed E-state index contributed by atoms with van der Waals surface area (Å²) in [6, 6.07) is 4.14. The lowest BCUT2D eigenvalue weighted by molar-refractivity contribution is 0.599. The van der Waals surface area contributed by atoms with Gasteiger partial charge in [-0.1, -0.05) is 12.5 Å². The van der Waals surface area contributed by atoms with Crippen molar-refractivity contribution < 1.29 is 12.8 Å². The van der Waals surface area contributed by atoms with E-state index < -0.39 is 15.7 Å². The van der Waals surface area contributed by atoms with E-state index in [1.807, 2.05) is 0 Å². The van der Waals surface area contributed by atoms with Crippen molar-refractivity contribution in [1.82, 2.24) is 25.4 Å². The molecule has 1 aliphatic rings. The molecule has 31 heavy (non-hydrogen) atoms. The van der Waals surface area contributed by atoms with E-state index in [0.717, 1.165) is 37.5 Å². The van der Waals surface area contributed by atoms with Gasteiger partial charge in [0.05, 0.1) is 5.75 Å². The Bertz CT molecular complexity index is 1010. The van der Waals surface area contributed by atoms with Crippen molar-refractivity contribution >= 4 is 39.8 Å². The van der Waals surface area contributed by atoms with Gasteiger partial charge in [0.25, 0.3) is 0 Å². The van der Waals surface area contributed by atoms with Gasteiger partial charge in [-0.25, -0.2) is 12.8 Å². The first-order valence-corrected chi connectivity index (χ1v) is 12.2. The predicted octanol–water partition coefficient (Wildman–Crippen LogP) is 2.21. The number of rotatable bonds is 7. The van der Waals surface area contributed by atoms with Crippen LogP contribution < -0.4 is 10.6 Å². The SMILES string of the molecule is CN=C(NCCc1nnc2n1CCCCC2)NCc1cc(F)ccc1CS(C)(=O)=O.I. The number of hydrogen-bond donors (Lipinski definition) is 2. The summed E-state index contributed by atoms with van der Waals surface area (Å²) in [4.78, 5) is 4.19. The van der Waals surface area contributed by atoms with Gasteiger partial charge >= 0.3 is 0 Å². The number of aryl methyl sites for hydroxylation is 1. The van der Waals surface area contributed by atoms with Gasteiger partial charge in [0.15, 0.2) is 15.8 Å². The van der Waals surface area contributed by atoms with Crippen molar-refractivity contribution in [3.63, 3.8) is 0 Å². The van der Waals surface area contributed by atoms with E-state index in [1.165, 1.54) is 30.9 Å². The van der Waals surface area contributed by atoms with Gasteiger partial charge in [-0.05, 0) is 36.1 Å². The molecule has 2 N–H and O–H groups in total. The molecule has 8 nitrogen and oxygen atoms in total. The van der Waals surface area contributed by atoms with Crippen molar-refractivity contribution in [2.24, 2.45) is 4.99 Å². The molecule has 0 saturated carbocycles. The van der Waals surface area contributed by atoms with Crippen molar-refractivity contribution in [3.8, 4) is 0 Å². The van der Waals surface area contributed by atoms with Crippen molar-refractivity contribution in [2.75, 3.05) is 19.8 Å². The van der Waals surface area contributed by atoms with Crippen LogP contribution in [-0.2, 0) is 41.5 Å².